The van der Waals surface area contributed by atoms with Crippen molar-refractivity contribution in [3.05, 3.63) is 69.7 Å². The van der Waals surface area contributed by atoms with Crippen LogP contribution < -0.4 is 20.0 Å². The molecule has 0 spiro atoms. The smallest absolute Gasteiger partial charge is 0.341 e. The minimum Gasteiger partial charge on any atom is -0.495 e. The van der Waals surface area contributed by atoms with Crippen LogP contribution in [0, 0.1) is 5.82 Å². The third-order valence-electron chi connectivity index (χ3n) is 5.77. The van der Waals surface area contributed by atoms with Crippen molar-refractivity contribution in [2.45, 2.75) is 0 Å². The Bertz CT molecular complexity index is 1430. The van der Waals surface area contributed by atoms with E-state index < -0.39 is 22.8 Å². The molecule has 0 aliphatic carbocycles. The number of carboxylic acid groups (broad SMARTS) is 1. The molecular weight excluding hydrogens is 461 g/mol. The van der Waals surface area contributed by atoms with Crippen molar-refractivity contribution in [1.82, 2.24) is 14.5 Å². The molecule has 1 aromatic carbocycles. The van der Waals surface area contributed by atoms with E-state index in [2.05, 4.69) is 14.9 Å². The zero-order valence-corrected chi connectivity index (χ0v) is 19.0. The minimum absolute atomic E-state index is 0.107. The Labute approximate surface area is 197 Å². The van der Waals surface area contributed by atoms with Gasteiger partial charge in [0.1, 0.15) is 11.3 Å². The van der Waals surface area contributed by atoms with E-state index in [0.717, 1.165) is 17.5 Å². The zero-order valence-electron chi connectivity index (χ0n) is 18.1. The minimum atomic E-state index is -1.39. The molecule has 1 saturated heterocycles. The van der Waals surface area contributed by atoms with Gasteiger partial charge < -0.3 is 19.6 Å². The van der Waals surface area contributed by atoms with Crippen molar-refractivity contribution >= 4 is 39.8 Å². The summed E-state index contributed by atoms with van der Waals surface area (Å²) in [5.74, 6) is -1.19. The zero-order chi connectivity index (χ0) is 23.8. The van der Waals surface area contributed by atoms with Gasteiger partial charge in [0.2, 0.25) is 5.43 Å². The highest BCUT2D eigenvalue weighted by atomic mass is 32.1. The number of nitrogens with zero attached hydrogens (tertiary/aromatic N) is 5. The Morgan fingerprint density at radius 1 is 1.18 bits per heavy atom. The number of fused-ring (bicyclic) bond motifs is 1. The molecule has 0 bridgehead atoms. The Hall–Kier alpha value is -3.99. The Morgan fingerprint density at radius 3 is 2.59 bits per heavy atom. The van der Waals surface area contributed by atoms with E-state index in [-0.39, 0.29) is 16.9 Å². The number of carboxylic acids is 1. The number of piperazine rings is 1. The molecule has 9 nitrogen and oxygen atoms in total. The lowest BCUT2D eigenvalue weighted by molar-refractivity contribution is 0.0695. The van der Waals surface area contributed by atoms with Crippen LogP contribution in [0.5, 0.6) is 5.75 Å². The molecule has 0 atom stereocenters. The molecule has 3 aromatic heterocycles. The lowest BCUT2D eigenvalue weighted by Gasteiger charge is -2.37. The molecule has 1 aliphatic heterocycles. The first-order valence-corrected chi connectivity index (χ1v) is 11.4. The summed E-state index contributed by atoms with van der Waals surface area (Å²) in [6.45, 7) is 2.25. The highest BCUT2D eigenvalue weighted by Crippen LogP contribution is 2.30. The number of para-hydroxylation sites is 2. The normalized spacial score (nSPS) is 13.9. The monoisotopic (exact) mass is 481 g/mol. The van der Waals surface area contributed by atoms with Gasteiger partial charge in [-0.15, -0.1) is 11.3 Å². The second-order valence-electron chi connectivity index (χ2n) is 7.67. The van der Waals surface area contributed by atoms with Gasteiger partial charge in [-0.2, -0.15) is 0 Å². The number of hydrogen-bond acceptors (Lipinski definition) is 8. The second-order valence-corrected chi connectivity index (χ2v) is 8.55. The predicted molar refractivity (Wildman–Crippen MR) is 127 cm³/mol. The fourth-order valence-electron chi connectivity index (χ4n) is 4.12. The number of hydrogen-bond donors (Lipinski definition) is 1. The third kappa shape index (κ3) is 3.73. The molecule has 174 valence electrons. The standard InChI is InChI=1S/C23H20FN5O4S/c1-33-18-5-3-2-4-17(18)27-7-9-28(10-8-27)21-16(24)12-14-19(30)15(22(31)32)13-29(20(14)26-21)23-25-6-11-34-23/h2-6,11-13H,7-10H2,1H3,(H,31,32). The van der Waals surface area contributed by atoms with Crippen LogP contribution in [-0.4, -0.2) is 58.9 Å². The van der Waals surface area contributed by atoms with Gasteiger partial charge in [0.25, 0.3) is 0 Å². The maximum atomic E-state index is 15.2. The van der Waals surface area contributed by atoms with Gasteiger partial charge in [-0.25, -0.2) is 19.2 Å². The van der Waals surface area contributed by atoms with E-state index in [1.165, 1.54) is 22.1 Å². The molecule has 34 heavy (non-hydrogen) atoms. The van der Waals surface area contributed by atoms with E-state index in [0.29, 0.717) is 31.3 Å². The summed E-state index contributed by atoms with van der Waals surface area (Å²) in [7, 11) is 1.63. The number of pyridine rings is 2. The van der Waals surface area contributed by atoms with E-state index in [9.17, 15) is 14.7 Å². The van der Waals surface area contributed by atoms with Gasteiger partial charge in [-0.3, -0.25) is 9.36 Å². The summed E-state index contributed by atoms with van der Waals surface area (Å²) < 4.78 is 22.1. The fraction of sp³-hybridized carbons (Fsp3) is 0.217. The Balaban J connectivity index is 1.53. The lowest BCUT2D eigenvalue weighted by atomic mass is 10.2. The number of methoxy groups -OCH3 is 1. The fourth-order valence-corrected chi connectivity index (χ4v) is 4.74. The first-order valence-electron chi connectivity index (χ1n) is 10.5. The summed E-state index contributed by atoms with van der Waals surface area (Å²) in [5.41, 5.74) is -0.125. The highest BCUT2D eigenvalue weighted by Gasteiger charge is 2.25. The van der Waals surface area contributed by atoms with Crippen LogP contribution >= 0.6 is 11.3 Å². The molecule has 1 fully saturated rings. The number of rotatable bonds is 5. The largest absolute Gasteiger partial charge is 0.495 e. The molecule has 0 saturated carbocycles. The van der Waals surface area contributed by atoms with E-state index in [1.54, 1.807) is 18.7 Å². The van der Waals surface area contributed by atoms with Crippen LogP contribution in [0.2, 0.25) is 0 Å². The van der Waals surface area contributed by atoms with Gasteiger partial charge in [-0.1, -0.05) is 12.1 Å². The van der Waals surface area contributed by atoms with Crippen LogP contribution in [0.3, 0.4) is 0 Å². The molecule has 0 radical (unpaired) electrons. The maximum absolute atomic E-state index is 15.2. The summed E-state index contributed by atoms with van der Waals surface area (Å²) in [4.78, 5) is 37.0. The van der Waals surface area contributed by atoms with Crippen molar-refractivity contribution in [3.8, 4) is 10.9 Å². The molecule has 0 unspecified atom stereocenters. The van der Waals surface area contributed by atoms with Crippen LogP contribution in [0.15, 0.2) is 52.9 Å². The molecule has 4 heterocycles. The van der Waals surface area contributed by atoms with Crippen molar-refractivity contribution < 1.29 is 19.0 Å². The summed E-state index contributed by atoms with van der Waals surface area (Å²) in [6.07, 6.45) is 2.76. The van der Waals surface area contributed by atoms with Crippen LogP contribution in [0.4, 0.5) is 15.9 Å². The van der Waals surface area contributed by atoms with Crippen LogP contribution in [0.1, 0.15) is 10.4 Å². The number of ether oxygens (including phenoxy) is 1. The molecule has 0 amide bonds. The summed E-state index contributed by atoms with van der Waals surface area (Å²) in [5, 5.41) is 11.5. The molecule has 5 rings (SSSR count). The average Bonchev–Trinajstić information content (AvgIpc) is 3.39. The van der Waals surface area contributed by atoms with Gasteiger partial charge in [-0.05, 0) is 18.2 Å². The third-order valence-corrected chi connectivity index (χ3v) is 6.54. The molecular formula is C23H20FN5O4S. The first kappa shape index (κ1) is 21.8. The van der Waals surface area contributed by atoms with Gasteiger partial charge in [0.05, 0.1) is 18.2 Å². The van der Waals surface area contributed by atoms with Crippen molar-refractivity contribution in [3.63, 3.8) is 0 Å². The topological polar surface area (TPSA) is 101 Å². The number of anilines is 2. The van der Waals surface area contributed by atoms with Crippen molar-refractivity contribution in [1.29, 1.82) is 0 Å². The Morgan fingerprint density at radius 2 is 1.91 bits per heavy atom. The summed E-state index contributed by atoms with van der Waals surface area (Å²) >= 11 is 1.26. The van der Waals surface area contributed by atoms with Crippen molar-refractivity contribution in [2.75, 3.05) is 43.1 Å². The Kier molecular flexibility index (Phi) is 5.62. The number of benzene rings is 1. The number of aromatic nitrogens is 3. The SMILES string of the molecule is COc1ccccc1N1CCN(c2nc3c(cc2F)c(=O)c(C(=O)O)cn3-c2nccs2)CC1. The molecule has 1 N–H and O–H groups in total. The predicted octanol–water partition coefficient (Wildman–Crippen LogP) is 3.01. The van der Waals surface area contributed by atoms with E-state index in [1.807, 2.05) is 29.2 Å². The van der Waals surface area contributed by atoms with Crippen molar-refractivity contribution in [2.24, 2.45) is 0 Å². The van der Waals surface area contributed by atoms with Crippen LogP contribution in [-0.2, 0) is 0 Å². The van der Waals surface area contributed by atoms with E-state index >= 15 is 4.39 Å². The lowest BCUT2D eigenvalue weighted by Crippen LogP contribution is -2.47. The van der Waals surface area contributed by atoms with E-state index in [4.69, 9.17) is 4.74 Å². The number of carbonyl (C=O) groups is 1. The second kappa shape index (κ2) is 8.75. The molecule has 1 aliphatic rings. The average molecular weight is 482 g/mol. The molecule has 11 heteroatoms. The van der Waals surface area contributed by atoms with Gasteiger partial charge in [0.15, 0.2) is 22.4 Å². The van der Waals surface area contributed by atoms with Gasteiger partial charge >= 0.3 is 5.97 Å². The number of halogens is 1. The van der Waals surface area contributed by atoms with Crippen LogP contribution in [0.25, 0.3) is 16.2 Å². The quantitative estimate of drug-likeness (QED) is 0.464. The molecule has 4 aromatic rings. The number of aromatic carboxylic acids is 1. The highest BCUT2D eigenvalue weighted by molar-refractivity contribution is 7.12. The first-order chi connectivity index (χ1) is 16.5. The summed E-state index contributed by atoms with van der Waals surface area (Å²) in [6, 6.07) is 8.80. The van der Waals surface area contributed by atoms with Gasteiger partial charge in [0, 0.05) is 44.0 Å². The number of thiazole rings is 1. The maximum Gasteiger partial charge on any atom is 0.341 e.